The molecule has 2 atom stereocenters. The Morgan fingerprint density at radius 3 is 2.86 bits per heavy atom. The molecule has 0 amide bonds. The van der Waals surface area contributed by atoms with Crippen molar-refractivity contribution in [1.82, 2.24) is 20.0 Å². The summed E-state index contributed by atoms with van der Waals surface area (Å²) in [6, 6.07) is 15.7. The van der Waals surface area contributed by atoms with E-state index in [-0.39, 0.29) is 6.04 Å². The lowest BCUT2D eigenvalue weighted by Crippen LogP contribution is -2.24. The second kappa shape index (κ2) is 7.35. The number of methoxy groups -OCH3 is 1. The van der Waals surface area contributed by atoms with Crippen LogP contribution in [-0.4, -0.2) is 44.9 Å². The predicted molar refractivity (Wildman–Crippen MR) is 108 cm³/mol. The first kappa shape index (κ1) is 17.9. The number of β-amino-alcohol motifs (C(OH)–C–C–N with tert-alkyl or cyclic N) is 1. The average Bonchev–Trinajstić information content (AvgIpc) is 3.47. The number of rotatable bonds is 5. The van der Waals surface area contributed by atoms with Crippen molar-refractivity contribution >= 4 is 10.9 Å². The first-order valence-electron chi connectivity index (χ1n) is 9.66. The highest BCUT2D eigenvalue weighted by atomic mass is 16.5. The zero-order valence-electron chi connectivity index (χ0n) is 16.1. The minimum absolute atomic E-state index is 0.113. The van der Waals surface area contributed by atoms with Gasteiger partial charge in [0, 0.05) is 35.8 Å². The Morgan fingerprint density at radius 1 is 1.21 bits per heavy atom. The maximum atomic E-state index is 10.3. The summed E-state index contributed by atoms with van der Waals surface area (Å²) in [7, 11) is 1.63. The minimum atomic E-state index is -0.415. The molecule has 0 saturated carbocycles. The van der Waals surface area contributed by atoms with Crippen molar-refractivity contribution in [1.29, 1.82) is 0 Å². The summed E-state index contributed by atoms with van der Waals surface area (Å²) in [5, 5.41) is 15.6. The fourth-order valence-electron chi connectivity index (χ4n) is 4.02. The van der Waals surface area contributed by atoms with E-state index < -0.39 is 6.10 Å². The minimum Gasteiger partial charge on any atom is -0.497 e. The molecule has 3 heterocycles. The third-order valence-corrected chi connectivity index (χ3v) is 5.50. The number of benzene rings is 2. The number of aliphatic hydroxyl groups is 1. The van der Waals surface area contributed by atoms with Crippen molar-refractivity contribution in [3.05, 3.63) is 66.2 Å². The van der Waals surface area contributed by atoms with Gasteiger partial charge in [0.05, 0.1) is 19.3 Å². The molecule has 0 aliphatic carbocycles. The molecule has 148 valence electrons. The Hall–Kier alpha value is -3.16. The molecule has 29 heavy (non-hydrogen) atoms. The number of nitrogens with zero attached hydrogens (tertiary/aromatic N) is 3. The van der Waals surface area contributed by atoms with E-state index in [0.717, 1.165) is 16.8 Å². The molecule has 0 bridgehead atoms. The first-order chi connectivity index (χ1) is 14.2. The van der Waals surface area contributed by atoms with Crippen LogP contribution >= 0.6 is 0 Å². The zero-order chi connectivity index (χ0) is 19.8. The van der Waals surface area contributed by atoms with Crippen LogP contribution in [0, 0.1) is 0 Å². The summed E-state index contributed by atoms with van der Waals surface area (Å²) in [6.45, 7) is 1.27. The van der Waals surface area contributed by atoms with Crippen LogP contribution in [-0.2, 0) is 6.54 Å². The molecule has 2 aromatic carbocycles. The maximum Gasteiger partial charge on any atom is 0.244 e. The van der Waals surface area contributed by atoms with Crippen LogP contribution in [0.5, 0.6) is 5.75 Å². The lowest BCUT2D eigenvalue weighted by molar-refractivity contribution is 0.169. The lowest BCUT2D eigenvalue weighted by Gasteiger charge is -2.20. The molecular weight excluding hydrogens is 368 g/mol. The van der Waals surface area contributed by atoms with Crippen LogP contribution < -0.4 is 4.74 Å². The Morgan fingerprint density at radius 2 is 2.03 bits per heavy atom. The van der Waals surface area contributed by atoms with Gasteiger partial charge in [-0.1, -0.05) is 23.4 Å². The van der Waals surface area contributed by atoms with Gasteiger partial charge in [-0.05, 0) is 42.3 Å². The molecule has 2 N–H and O–H groups in total. The van der Waals surface area contributed by atoms with E-state index in [1.807, 2.05) is 42.6 Å². The fraction of sp³-hybridized carbons (Fsp3) is 0.273. The molecule has 1 aliphatic heterocycles. The van der Waals surface area contributed by atoms with Gasteiger partial charge < -0.3 is 19.4 Å². The third kappa shape index (κ3) is 3.39. The van der Waals surface area contributed by atoms with Crippen molar-refractivity contribution in [2.45, 2.75) is 25.1 Å². The van der Waals surface area contributed by atoms with Crippen LogP contribution in [0.2, 0.25) is 0 Å². The van der Waals surface area contributed by atoms with Gasteiger partial charge in [0.15, 0.2) is 0 Å². The smallest absolute Gasteiger partial charge is 0.244 e. The van der Waals surface area contributed by atoms with Crippen LogP contribution in [0.3, 0.4) is 0 Å². The SMILES string of the molecule is COc1ccc(-c2noc(C3CC(O)CN3Cc3c[nH]c4ccccc34)n2)cc1. The molecule has 7 nitrogen and oxygen atoms in total. The van der Waals surface area contributed by atoms with Gasteiger partial charge in [-0.15, -0.1) is 0 Å². The van der Waals surface area contributed by atoms with Gasteiger partial charge in [0.2, 0.25) is 11.7 Å². The van der Waals surface area contributed by atoms with Crippen molar-refractivity contribution in [3.8, 4) is 17.1 Å². The van der Waals surface area contributed by atoms with E-state index in [1.54, 1.807) is 7.11 Å². The largest absolute Gasteiger partial charge is 0.497 e. The molecule has 1 aliphatic rings. The summed E-state index contributed by atoms with van der Waals surface area (Å²) in [5.74, 6) is 1.85. The Labute approximate surface area is 167 Å². The quantitative estimate of drug-likeness (QED) is 0.542. The highest BCUT2D eigenvalue weighted by Crippen LogP contribution is 2.34. The Kier molecular flexibility index (Phi) is 4.54. The normalized spacial score (nSPS) is 19.8. The second-order valence-corrected chi connectivity index (χ2v) is 7.38. The van der Waals surface area contributed by atoms with Gasteiger partial charge in [-0.3, -0.25) is 4.90 Å². The molecule has 7 heteroatoms. The second-order valence-electron chi connectivity index (χ2n) is 7.38. The maximum absolute atomic E-state index is 10.3. The number of aromatic amines is 1. The standard InChI is InChI=1S/C22H22N4O3/c1-28-17-8-6-14(7-9-17)21-24-22(29-25-21)20-10-16(27)13-26(20)12-15-11-23-19-5-3-2-4-18(15)19/h2-9,11,16,20,23,27H,10,12-13H2,1H3. The summed E-state index contributed by atoms with van der Waals surface area (Å²) in [5.41, 5.74) is 3.16. The van der Waals surface area contributed by atoms with Crippen molar-refractivity contribution in [3.63, 3.8) is 0 Å². The Bertz CT molecular complexity index is 1120. The molecule has 1 fully saturated rings. The number of ether oxygens (including phenoxy) is 1. The zero-order valence-corrected chi connectivity index (χ0v) is 16.1. The van der Waals surface area contributed by atoms with Gasteiger partial charge in [-0.25, -0.2) is 0 Å². The van der Waals surface area contributed by atoms with E-state index in [4.69, 9.17) is 9.26 Å². The van der Waals surface area contributed by atoms with E-state index in [9.17, 15) is 5.11 Å². The monoisotopic (exact) mass is 390 g/mol. The summed E-state index contributed by atoms with van der Waals surface area (Å²) < 4.78 is 10.8. The number of hydrogen-bond acceptors (Lipinski definition) is 6. The van der Waals surface area contributed by atoms with Gasteiger partial charge in [-0.2, -0.15) is 4.98 Å². The molecule has 0 spiro atoms. The molecule has 2 aromatic heterocycles. The lowest BCUT2D eigenvalue weighted by atomic mass is 10.1. The van der Waals surface area contributed by atoms with E-state index in [2.05, 4.69) is 32.2 Å². The molecular formula is C22H22N4O3. The molecule has 2 unspecified atom stereocenters. The van der Waals surface area contributed by atoms with Crippen LogP contribution in [0.1, 0.15) is 23.9 Å². The number of aliphatic hydroxyl groups excluding tert-OH is 1. The number of para-hydroxylation sites is 1. The Balaban J connectivity index is 1.40. The molecule has 5 rings (SSSR count). The number of hydrogen-bond donors (Lipinski definition) is 2. The highest BCUT2D eigenvalue weighted by molar-refractivity contribution is 5.82. The first-order valence-corrected chi connectivity index (χ1v) is 9.66. The topological polar surface area (TPSA) is 87.4 Å². The van der Waals surface area contributed by atoms with Gasteiger partial charge in [0.25, 0.3) is 0 Å². The van der Waals surface area contributed by atoms with Gasteiger partial charge >= 0.3 is 0 Å². The van der Waals surface area contributed by atoms with E-state index >= 15 is 0 Å². The number of nitrogens with one attached hydrogen (secondary N) is 1. The summed E-state index contributed by atoms with van der Waals surface area (Å²) in [4.78, 5) is 10.1. The summed E-state index contributed by atoms with van der Waals surface area (Å²) in [6.07, 6.45) is 2.19. The van der Waals surface area contributed by atoms with Crippen molar-refractivity contribution < 1.29 is 14.4 Å². The van der Waals surface area contributed by atoms with Crippen LogP contribution in [0.15, 0.2) is 59.3 Å². The van der Waals surface area contributed by atoms with Crippen LogP contribution in [0.4, 0.5) is 0 Å². The number of aromatic nitrogens is 3. The van der Waals surface area contributed by atoms with Crippen molar-refractivity contribution in [2.75, 3.05) is 13.7 Å². The predicted octanol–water partition coefficient (Wildman–Crippen LogP) is 3.53. The molecule has 1 saturated heterocycles. The third-order valence-electron chi connectivity index (χ3n) is 5.50. The van der Waals surface area contributed by atoms with Gasteiger partial charge in [0.1, 0.15) is 5.75 Å². The molecule has 0 radical (unpaired) electrons. The molecule has 4 aromatic rings. The number of H-pyrrole nitrogens is 1. The van der Waals surface area contributed by atoms with E-state index in [0.29, 0.717) is 31.2 Å². The number of likely N-dealkylation sites (tertiary alicyclic amines) is 1. The number of fused-ring (bicyclic) bond motifs is 1. The summed E-state index contributed by atoms with van der Waals surface area (Å²) >= 11 is 0. The highest BCUT2D eigenvalue weighted by Gasteiger charge is 2.36. The van der Waals surface area contributed by atoms with Crippen molar-refractivity contribution in [2.24, 2.45) is 0 Å². The average molecular weight is 390 g/mol. The fourth-order valence-corrected chi connectivity index (χ4v) is 4.02. The van der Waals surface area contributed by atoms with Crippen LogP contribution in [0.25, 0.3) is 22.3 Å². The van der Waals surface area contributed by atoms with E-state index in [1.165, 1.54) is 10.9 Å².